The summed E-state index contributed by atoms with van der Waals surface area (Å²) in [6.07, 6.45) is 0.885. The summed E-state index contributed by atoms with van der Waals surface area (Å²) in [5.74, 6) is 1.55. The second kappa shape index (κ2) is 9.20. The molecule has 0 radical (unpaired) electrons. The molecule has 0 aliphatic carbocycles. The van der Waals surface area contributed by atoms with Crippen LogP contribution in [-0.4, -0.2) is 54.6 Å². The number of nitrogens with zero attached hydrogens (tertiary/aromatic N) is 2. The van der Waals surface area contributed by atoms with E-state index in [9.17, 15) is 4.79 Å². The number of carbonyl (C=O) groups excluding carboxylic acids is 1. The highest BCUT2D eigenvalue weighted by molar-refractivity contribution is 6.00. The molecule has 146 valence electrons. The van der Waals surface area contributed by atoms with Crippen LogP contribution in [0.25, 0.3) is 11.3 Å². The zero-order chi connectivity index (χ0) is 19.2. The van der Waals surface area contributed by atoms with Crippen molar-refractivity contribution >= 4 is 5.91 Å². The summed E-state index contributed by atoms with van der Waals surface area (Å²) in [6.45, 7) is 10.8. The first-order valence-corrected chi connectivity index (χ1v) is 9.97. The smallest absolute Gasteiger partial charge is 0.258 e. The van der Waals surface area contributed by atoms with Gasteiger partial charge in [0.25, 0.3) is 5.91 Å². The fourth-order valence-corrected chi connectivity index (χ4v) is 3.57. The molecule has 1 aromatic carbocycles. The van der Waals surface area contributed by atoms with Crippen molar-refractivity contribution in [2.45, 2.75) is 39.8 Å². The molecule has 1 amide bonds. The SMILES string of the molecule is CC[C@H]1COCCN1C(=O)c1cc(CN(CC)CC)oc1-c1ccccc1. The maximum atomic E-state index is 13.4. The first-order valence-electron chi connectivity index (χ1n) is 9.97. The summed E-state index contributed by atoms with van der Waals surface area (Å²) in [7, 11) is 0. The Morgan fingerprint density at radius 2 is 1.93 bits per heavy atom. The van der Waals surface area contributed by atoms with Gasteiger partial charge in [0.2, 0.25) is 0 Å². The molecule has 1 aromatic heterocycles. The van der Waals surface area contributed by atoms with Crippen LogP contribution >= 0.6 is 0 Å². The van der Waals surface area contributed by atoms with Gasteiger partial charge in [-0.2, -0.15) is 0 Å². The van der Waals surface area contributed by atoms with Crippen molar-refractivity contribution in [2.75, 3.05) is 32.8 Å². The highest BCUT2D eigenvalue weighted by Gasteiger charge is 2.30. The van der Waals surface area contributed by atoms with Gasteiger partial charge in [-0.15, -0.1) is 0 Å². The van der Waals surface area contributed by atoms with Crippen molar-refractivity contribution in [1.82, 2.24) is 9.80 Å². The quantitative estimate of drug-likeness (QED) is 0.738. The summed E-state index contributed by atoms with van der Waals surface area (Å²) in [4.78, 5) is 17.6. The van der Waals surface area contributed by atoms with Crippen molar-refractivity contribution in [3.8, 4) is 11.3 Å². The van der Waals surface area contributed by atoms with Gasteiger partial charge in [-0.3, -0.25) is 9.69 Å². The Bertz CT molecular complexity index is 737. The van der Waals surface area contributed by atoms with E-state index in [4.69, 9.17) is 9.15 Å². The van der Waals surface area contributed by atoms with Crippen molar-refractivity contribution < 1.29 is 13.9 Å². The molecule has 2 heterocycles. The average molecular weight is 370 g/mol. The molecule has 2 aromatic rings. The minimum atomic E-state index is 0.0403. The van der Waals surface area contributed by atoms with Crippen molar-refractivity contribution in [1.29, 1.82) is 0 Å². The summed E-state index contributed by atoms with van der Waals surface area (Å²) in [6, 6.07) is 12.0. The Balaban J connectivity index is 1.96. The molecule has 1 aliphatic rings. The van der Waals surface area contributed by atoms with Crippen molar-refractivity contribution in [2.24, 2.45) is 0 Å². The lowest BCUT2D eigenvalue weighted by atomic mass is 10.1. The van der Waals surface area contributed by atoms with Crippen LogP contribution in [0.4, 0.5) is 0 Å². The molecule has 0 bridgehead atoms. The standard InChI is InChI=1S/C22H30N2O3/c1-4-18-16-26-13-12-24(18)22(25)20-14-19(15-23(5-2)6-3)27-21(20)17-10-8-7-9-11-17/h7-11,14,18H,4-6,12-13,15-16H2,1-3H3/t18-/m0/s1. The molecule has 3 rings (SSSR count). The third-order valence-electron chi connectivity index (χ3n) is 5.28. The van der Waals surface area contributed by atoms with Crippen LogP contribution in [-0.2, 0) is 11.3 Å². The van der Waals surface area contributed by atoms with Gasteiger partial charge in [-0.25, -0.2) is 0 Å². The predicted molar refractivity (Wildman–Crippen MR) is 107 cm³/mol. The van der Waals surface area contributed by atoms with Gasteiger partial charge in [0.1, 0.15) is 11.5 Å². The Morgan fingerprint density at radius 1 is 1.19 bits per heavy atom. The molecule has 0 saturated carbocycles. The first kappa shape index (κ1) is 19.6. The Hall–Kier alpha value is -2.11. The normalized spacial score (nSPS) is 17.5. The molecule has 0 unspecified atom stereocenters. The number of rotatable bonds is 7. The molecular weight excluding hydrogens is 340 g/mol. The van der Waals surface area contributed by atoms with Crippen LogP contribution < -0.4 is 0 Å². The van der Waals surface area contributed by atoms with Crippen LogP contribution in [0.15, 0.2) is 40.8 Å². The summed E-state index contributed by atoms with van der Waals surface area (Å²) >= 11 is 0. The maximum absolute atomic E-state index is 13.4. The summed E-state index contributed by atoms with van der Waals surface area (Å²) < 4.78 is 11.8. The first-order chi connectivity index (χ1) is 13.2. The number of ether oxygens (including phenoxy) is 1. The molecule has 1 atom stereocenters. The second-order valence-electron chi connectivity index (χ2n) is 6.92. The number of hydrogen-bond acceptors (Lipinski definition) is 4. The van der Waals surface area contributed by atoms with Gasteiger partial charge in [-0.05, 0) is 25.6 Å². The monoisotopic (exact) mass is 370 g/mol. The van der Waals surface area contributed by atoms with E-state index in [-0.39, 0.29) is 11.9 Å². The fraction of sp³-hybridized carbons (Fsp3) is 0.500. The zero-order valence-electron chi connectivity index (χ0n) is 16.6. The number of hydrogen-bond donors (Lipinski definition) is 0. The minimum absolute atomic E-state index is 0.0403. The van der Waals surface area contributed by atoms with Gasteiger partial charge < -0.3 is 14.1 Å². The number of carbonyl (C=O) groups is 1. The molecule has 1 aliphatic heterocycles. The zero-order valence-corrected chi connectivity index (χ0v) is 16.6. The molecule has 27 heavy (non-hydrogen) atoms. The van der Waals surface area contributed by atoms with Crippen molar-refractivity contribution in [3.05, 3.63) is 47.7 Å². The third kappa shape index (κ3) is 4.42. The second-order valence-corrected chi connectivity index (χ2v) is 6.92. The number of amides is 1. The lowest BCUT2D eigenvalue weighted by molar-refractivity contribution is -0.00278. The molecule has 1 fully saturated rings. The molecule has 0 N–H and O–H groups in total. The Morgan fingerprint density at radius 3 is 2.59 bits per heavy atom. The molecule has 5 nitrogen and oxygen atoms in total. The molecular formula is C22H30N2O3. The third-order valence-corrected chi connectivity index (χ3v) is 5.28. The van der Waals surface area contributed by atoms with E-state index in [1.54, 1.807) is 0 Å². The molecule has 5 heteroatoms. The number of benzene rings is 1. The highest BCUT2D eigenvalue weighted by Crippen LogP contribution is 2.30. The fourth-order valence-electron chi connectivity index (χ4n) is 3.57. The number of furan rings is 1. The molecule has 0 spiro atoms. The summed E-state index contributed by atoms with van der Waals surface area (Å²) in [5, 5.41) is 0. The lowest BCUT2D eigenvalue weighted by Gasteiger charge is -2.35. The van der Waals surface area contributed by atoms with Crippen LogP contribution in [0.5, 0.6) is 0 Å². The van der Waals surface area contributed by atoms with Gasteiger partial charge in [-0.1, -0.05) is 51.1 Å². The Kier molecular flexibility index (Phi) is 6.69. The van der Waals surface area contributed by atoms with E-state index in [2.05, 4.69) is 25.7 Å². The molecule has 1 saturated heterocycles. The largest absolute Gasteiger partial charge is 0.459 e. The average Bonchev–Trinajstić information content (AvgIpc) is 3.16. The topological polar surface area (TPSA) is 45.9 Å². The van der Waals surface area contributed by atoms with E-state index in [1.807, 2.05) is 41.3 Å². The van der Waals surface area contributed by atoms with E-state index < -0.39 is 0 Å². The van der Waals surface area contributed by atoms with Gasteiger partial charge in [0, 0.05) is 12.1 Å². The van der Waals surface area contributed by atoms with Gasteiger partial charge in [0.05, 0.1) is 31.4 Å². The van der Waals surface area contributed by atoms with Crippen LogP contribution in [0.2, 0.25) is 0 Å². The minimum Gasteiger partial charge on any atom is -0.459 e. The summed E-state index contributed by atoms with van der Waals surface area (Å²) in [5.41, 5.74) is 1.59. The van der Waals surface area contributed by atoms with E-state index >= 15 is 0 Å². The highest BCUT2D eigenvalue weighted by atomic mass is 16.5. The lowest BCUT2D eigenvalue weighted by Crippen LogP contribution is -2.48. The van der Waals surface area contributed by atoms with E-state index in [0.717, 1.165) is 30.8 Å². The van der Waals surface area contributed by atoms with Gasteiger partial charge >= 0.3 is 0 Å². The van der Waals surface area contributed by atoms with Crippen LogP contribution in [0.3, 0.4) is 0 Å². The van der Waals surface area contributed by atoms with Crippen molar-refractivity contribution in [3.63, 3.8) is 0 Å². The van der Waals surface area contributed by atoms with E-state index in [1.165, 1.54) is 0 Å². The maximum Gasteiger partial charge on any atom is 0.258 e. The van der Waals surface area contributed by atoms with E-state index in [0.29, 0.717) is 37.6 Å². The number of morpholine rings is 1. The Labute approximate surface area is 161 Å². The predicted octanol–water partition coefficient (Wildman–Crippen LogP) is 4.04. The van der Waals surface area contributed by atoms with Gasteiger partial charge in [0.15, 0.2) is 0 Å². The van der Waals surface area contributed by atoms with Crippen LogP contribution in [0, 0.1) is 0 Å². The van der Waals surface area contributed by atoms with Crippen LogP contribution in [0.1, 0.15) is 43.3 Å².